The van der Waals surface area contributed by atoms with Crippen molar-refractivity contribution in [2.24, 2.45) is 0 Å². The number of nitrogens with zero attached hydrogens (tertiary/aromatic N) is 1. The van der Waals surface area contributed by atoms with E-state index in [1.807, 2.05) is 0 Å². The highest BCUT2D eigenvalue weighted by atomic mass is 16.5. The lowest BCUT2D eigenvalue weighted by molar-refractivity contribution is -0.139. The first-order chi connectivity index (χ1) is 4.83. The number of rotatable bonds is 2. The van der Waals surface area contributed by atoms with Gasteiger partial charge in [0.05, 0.1) is 13.5 Å². The molecular weight excluding hydrogens is 134 g/mol. The minimum Gasteiger partial charge on any atom is -0.469 e. The lowest BCUT2D eigenvalue weighted by atomic mass is 10.3. The van der Waals surface area contributed by atoms with Crippen molar-refractivity contribution in [1.29, 1.82) is 0 Å². The summed E-state index contributed by atoms with van der Waals surface area (Å²) in [6.45, 7) is 0. The van der Waals surface area contributed by atoms with E-state index in [4.69, 9.17) is 0 Å². The molecule has 0 unspecified atom stereocenters. The number of aromatic nitrogens is 1. The molecule has 0 bridgehead atoms. The van der Waals surface area contributed by atoms with E-state index < -0.39 is 0 Å². The Bertz CT molecular complexity index is 205. The molecule has 0 saturated carbocycles. The average molecular weight is 140 g/mol. The lowest BCUT2D eigenvalue weighted by Crippen LogP contribution is -2.03. The molecule has 1 radical (unpaired) electrons. The summed E-state index contributed by atoms with van der Waals surface area (Å²) in [6.07, 6.45) is 4.01. The van der Waals surface area contributed by atoms with Gasteiger partial charge in [0.1, 0.15) is 12.5 Å². The first kappa shape index (κ1) is 6.80. The average Bonchev–Trinajstić information content (AvgIpc) is 2.40. The second-order valence-corrected chi connectivity index (χ2v) is 1.70. The van der Waals surface area contributed by atoms with Crippen molar-refractivity contribution >= 4 is 5.97 Å². The summed E-state index contributed by atoms with van der Waals surface area (Å²) in [5.74, 6) is -0.320. The number of hydrogen-bond acceptors (Lipinski definition) is 4. The van der Waals surface area contributed by atoms with Gasteiger partial charge in [-0.3, -0.25) is 4.79 Å². The number of carbonyl (C=O) groups excluding carboxylic acids is 1. The standard InChI is InChI=1S/C6H6NO3/c1-9-6(8)2-5-3-7-10-4-5/h4H,2H2,1H3. The molecule has 0 N–H and O–H groups in total. The molecule has 0 aliphatic heterocycles. The van der Waals surface area contributed by atoms with Gasteiger partial charge >= 0.3 is 5.97 Å². The third-order valence-corrected chi connectivity index (χ3v) is 0.999. The van der Waals surface area contributed by atoms with Gasteiger partial charge in [0.2, 0.25) is 0 Å². The molecule has 0 fully saturated rings. The maximum Gasteiger partial charge on any atom is 0.310 e. The molecule has 0 aliphatic rings. The highest BCUT2D eigenvalue weighted by Gasteiger charge is 2.03. The predicted octanol–water partition coefficient (Wildman–Crippen LogP) is 0.190. The Balaban J connectivity index is 2.48. The fraction of sp³-hybridized carbons (Fsp3) is 0.333. The molecule has 1 aromatic rings. The van der Waals surface area contributed by atoms with Crippen LogP contribution in [0.5, 0.6) is 0 Å². The minimum absolute atomic E-state index is 0.167. The highest BCUT2D eigenvalue weighted by molar-refractivity contribution is 5.71. The van der Waals surface area contributed by atoms with E-state index in [0.717, 1.165) is 0 Å². The SMILES string of the molecule is COC(=O)Cc1[c]noc1. The Labute approximate surface area is 57.8 Å². The molecule has 0 aliphatic carbocycles. The van der Waals surface area contributed by atoms with Gasteiger partial charge in [-0.2, -0.15) is 0 Å². The van der Waals surface area contributed by atoms with Crippen molar-refractivity contribution < 1.29 is 14.1 Å². The molecule has 4 nitrogen and oxygen atoms in total. The fourth-order valence-corrected chi connectivity index (χ4v) is 0.510. The van der Waals surface area contributed by atoms with E-state index in [9.17, 15) is 4.79 Å². The van der Waals surface area contributed by atoms with Crippen LogP contribution in [0.3, 0.4) is 0 Å². The quantitative estimate of drug-likeness (QED) is 0.550. The Morgan fingerprint density at radius 2 is 2.80 bits per heavy atom. The maximum absolute atomic E-state index is 10.6. The zero-order valence-electron chi connectivity index (χ0n) is 5.46. The topological polar surface area (TPSA) is 52.3 Å². The van der Waals surface area contributed by atoms with Gasteiger partial charge < -0.3 is 9.26 Å². The summed E-state index contributed by atoms with van der Waals surface area (Å²) in [5, 5.41) is 3.30. The van der Waals surface area contributed by atoms with Crippen molar-refractivity contribution in [3.63, 3.8) is 0 Å². The van der Waals surface area contributed by atoms with Crippen molar-refractivity contribution in [2.75, 3.05) is 7.11 Å². The van der Waals surface area contributed by atoms with Crippen molar-refractivity contribution in [1.82, 2.24) is 5.16 Å². The monoisotopic (exact) mass is 140 g/mol. The summed E-state index contributed by atoms with van der Waals surface area (Å²) in [4.78, 5) is 10.6. The van der Waals surface area contributed by atoms with Gasteiger partial charge in [0.25, 0.3) is 0 Å². The number of ether oxygens (including phenoxy) is 1. The van der Waals surface area contributed by atoms with Gasteiger partial charge in [-0.25, -0.2) is 0 Å². The van der Waals surface area contributed by atoms with Crippen LogP contribution in [-0.4, -0.2) is 18.2 Å². The molecule has 10 heavy (non-hydrogen) atoms. The normalized spacial score (nSPS) is 9.30. The van der Waals surface area contributed by atoms with Crippen molar-refractivity contribution in [3.8, 4) is 0 Å². The second-order valence-electron chi connectivity index (χ2n) is 1.70. The Hall–Kier alpha value is -1.32. The van der Waals surface area contributed by atoms with Gasteiger partial charge in [-0.05, 0) is 0 Å². The van der Waals surface area contributed by atoms with Gasteiger partial charge in [0, 0.05) is 5.56 Å². The molecule has 0 aromatic carbocycles. The van der Waals surface area contributed by atoms with Crippen molar-refractivity contribution in [3.05, 3.63) is 18.0 Å². The van der Waals surface area contributed by atoms with E-state index in [0.29, 0.717) is 5.56 Å². The van der Waals surface area contributed by atoms with Crippen LogP contribution >= 0.6 is 0 Å². The van der Waals surface area contributed by atoms with Crippen LogP contribution in [0.2, 0.25) is 0 Å². The lowest BCUT2D eigenvalue weighted by Gasteiger charge is -1.91. The van der Waals surface area contributed by atoms with Crippen LogP contribution in [0.25, 0.3) is 0 Å². The summed E-state index contributed by atoms with van der Waals surface area (Å²) in [5.41, 5.74) is 0.604. The molecule has 1 rings (SSSR count). The van der Waals surface area contributed by atoms with Crippen LogP contribution in [-0.2, 0) is 16.0 Å². The number of esters is 1. The third kappa shape index (κ3) is 1.58. The number of methoxy groups -OCH3 is 1. The highest BCUT2D eigenvalue weighted by Crippen LogP contribution is 1.96. The molecule has 1 heterocycles. The number of carbonyl (C=O) groups is 1. The van der Waals surface area contributed by atoms with Crippen LogP contribution in [0.4, 0.5) is 0 Å². The summed E-state index contributed by atoms with van der Waals surface area (Å²) in [6, 6.07) is 0. The molecule has 53 valence electrons. The summed E-state index contributed by atoms with van der Waals surface area (Å²) >= 11 is 0. The molecule has 0 saturated heterocycles. The summed E-state index contributed by atoms with van der Waals surface area (Å²) in [7, 11) is 1.33. The Kier molecular flexibility index (Phi) is 2.04. The number of hydrogen-bond donors (Lipinski definition) is 0. The van der Waals surface area contributed by atoms with E-state index in [-0.39, 0.29) is 12.4 Å². The zero-order valence-corrected chi connectivity index (χ0v) is 5.46. The van der Waals surface area contributed by atoms with Crippen LogP contribution in [0.1, 0.15) is 5.56 Å². The van der Waals surface area contributed by atoms with Crippen LogP contribution in [0.15, 0.2) is 10.8 Å². The van der Waals surface area contributed by atoms with Gasteiger partial charge in [-0.1, -0.05) is 5.16 Å². The first-order valence-electron chi connectivity index (χ1n) is 2.70. The molecular formula is C6H6NO3. The zero-order chi connectivity index (χ0) is 7.40. The van der Waals surface area contributed by atoms with Gasteiger partial charge in [-0.15, -0.1) is 0 Å². The summed E-state index contributed by atoms with van der Waals surface area (Å²) < 4.78 is 8.84. The van der Waals surface area contributed by atoms with Crippen molar-refractivity contribution in [2.45, 2.75) is 6.42 Å². The molecule has 1 aromatic heterocycles. The Morgan fingerprint density at radius 3 is 3.30 bits per heavy atom. The molecule has 0 atom stereocenters. The fourth-order valence-electron chi connectivity index (χ4n) is 0.510. The van der Waals surface area contributed by atoms with E-state index in [1.54, 1.807) is 0 Å². The van der Waals surface area contributed by atoms with Gasteiger partial charge in [0.15, 0.2) is 0 Å². The first-order valence-corrected chi connectivity index (χ1v) is 2.70. The third-order valence-electron chi connectivity index (χ3n) is 0.999. The molecule has 4 heteroatoms. The Morgan fingerprint density at radius 1 is 2.00 bits per heavy atom. The predicted molar refractivity (Wildman–Crippen MR) is 31.1 cm³/mol. The second kappa shape index (κ2) is 3.00. The smallest absolute Gasteiger partial charge is 0.310 e. The maximum atomic E-state index is 10.6. The van der Waals surface area contributed by atoms with E-state index >= 15 is 0 Å². The largest absolute Gasteiger partial charge is 0.469 e. The molecule has 0 spiro atoms. The van der Waals surface area contributed by atoms with E-state index in [1.165, 1.54) is 13.4 Å². The van der Waals surface area contributed by atoms with Crippen LogP contribution < -0.4 is 0 Å². The van der Waals surface area contributed by atoms with E-state index in [2.05, 4.69) is 20.6 Å². The minimum atomic E-state index is -0.320. The molecule has 0 amide bonds. The van der Waals surface area contributed by atoms with Crippen LogP contribution in [0, 0.1) is 6.20 Å².